The lowest BCUT2D eigenvalue weighted by atomic mass is 9.96. The molecule has 8 heteroatoms. The standard InChI is InChI=1S/C32H45N5O3/c1-24(2)32(34-18-14-25(3)35-23-27-15-19-37(20-16-27)26(4)38)36-29-12-13-30(39-5)31(22-29)40-21-9-17-33-28-10-7-6-8-11-28/h6-8,10-14,18,22,27,33,35-36H,9,15-17,19-21,23H2,1-5H3/b25-14+,34-18-. The number of carbonyl (C=O) groups is 1. The summed E-state index contributed by atoms with van der Waals surface area (Å²) in [7, 11) is 1.65. The number of ether oxygens (including phenoxy) is 2. The molecule has 0 saturated carbocycles. The molecule has 1 fully saturated rings. The van der Waals surface area contributed by atoms with E-state index in [9.17, 15) is 4.79 Å². The van der Waals surface area contributed by atoms with Gasteiger partial charge in [-0.25, -0.2) is 4.99 Å². The molecule has 0 bridgehead atoms. The second-order valence-corrected chi connectivity index (χ2v) is 10.3. The molecule has 0 spiro atoms. The van der Waals surface area contributed by atoms with Gasteiger partial charge in [0.15, 0.2) is 11.5 Å². The SMILES string of the molecule is COc1ccc(NC(/N=C\C=C(/C)NCC2CCN(C(C)=O)CC2)=C(C)C)cc1OCCCNc1ccccc1. The average Bonchev–Trinajstić information content (AvgIpc) is 2.96. The van der Waals surface area contributed by atoms with E-state index in [1.54, 1.807) is 14.0 Å². The van der Waals surface area contributed by atoms with Crippen molar-refractivity contribution < 1.29 is 14.3 Å². The van der Waals surface area contributed by atoms with E-state index < -0.39 is 0 Å². The van der Waals surface area contributed by atoms with E-state index in [-0.39, 0.29) is 5.91 Å². The van der Waals surface area contributed by atoms with Crippen molar-refractivity contribution in [3.63, 3.8) is 0 Å². The van der Waals surface area contributed by atoms with Crippen LogP contribution in [0.2, 0.25) is 0 Å². The lowest BCUT2D eigenvalue weighted by molar-refractivity contribution is -0.130. The Bertz CT molecular complexity index is 1160. The predicted octanol–water partition coefficient (Wildman–Crippen LogP) is 6.06. The molecule has 1 amide bonds. The summed E-state index contributed by atoms with van der Waals surface area (Å²) in [6.07, 6.45) is 6.74. The van der Waals surface area contributed by atoms with E-state index in [1.807, 2.05) is 67.4 Å². The fraction of sp³-hybridized carbons (Fsp3) is 0.438. The molecule has 0 aromatic heterocycles. The summed E-state index contributed by atoms with van der Waals surface area (Å²) in [4.78, 5) is 18.1. The number of hydrogen-bond donors (Lipinski definition) is 3. The third-order valence-corrected chi connectivity index (χ3v) is 6.84. The first-order valence-corrected chi connectivity index (χ1v) is 14.1. The lowest BCUT2D eigenvalue weighted by Gasteiger charge is -2.31. The number of benzene rings is 2. The molecule has 1 heterocycles. The fourth-order valence-corrected chi connectivity index (χ4v) is 4.37. The van der Waals surface area contributed by atoms with Crippen molar-refractivity contribution in [2.24, 2.45) is 10.9 Å². The van der Waals surface area contributed by atoms with Gasteiger partial charge in [-0.15, -0.1) is 0 Å². The van der Waals surface area contributed by atoms with Gasteiger partial charge in [0.1, 0.15) is 5.82 Å². The summed E-state index contributed by atoms with van der Waals surface area (Å²) in [5, 5.41) is 10.3. The van der Waals surface area contributed by atoms with Gasteiger partial charge in [-0.3, -0.25) is 4.79 Å². The van der Waals surface area contributed by atoms with Gasteiger partial charge in [-0.2, -0.15) is 0 Å². The minimum atomic E-state index is 0.174. The Kier molecular flexibility index (Phi) is 12.4. The Hall–Kier alpha value is -3.94. The number of carbonyl (C=O) groups excluding carboxylic acids is 1. The van der Waals surface area contributed by atoms with E-state index in [1.165, 1.54) is 0 Å². The Morgan fingerprint density at radius 2 is 1.77 bits per heavy atom. The molecule has 40 heavy (non-hydrogen) atoms. The number of methoxy groups -OCH3 is 1. The smallest absolute Gasteiger partial charge is 0.219 e. The van der Waals surface area contributed by atoms with Gasteiger partial charge >= 0.3 is 0 Å². The molecule has 0 unspecified atom stereocenters. The van der Waals surface area contributed by atoms with Crippen LogP contribution in [0.25, 0.3) is 0 Å². The Morgan fingerprint density at radius 3 is 2.45 bits per heavy atom. The van der Waals surface area contributed by atoms with Crippen molar-refractivity contribution in [2.45, 2.75) is 47.0 Å². The van der Waals surface area contributed by atoms with E-state index in [2.05, 4.69) is 40.0 Å². The maximum absolute atomic E-state index is 11.5. The molecule has 1 saturated heterocycles. The normalized spacial score (nSPS) is 14.1. The zero-order chi connectivity index (χ0) is 28.7. The summed E-state index contributed by atoms with van der Waals surface area (Å²) in [6, 6.07) is 16.0. The van der Waals surface area contributed by atoms with Crippen molar-refractivity contribution in [3.8, 4) is 11.5 Å². The average molecular weight is 548 g/mol. The second kappa shape index (κ2) is 16.2. The third-order valence-electron chi connectivity index (χ3n) is 6.84. The van der Waals surface area contributed by atoms with Crippen LogP contribution in [0.15, 0.2) is 76.7 Å². The van der Waals surface area contributed by atoms with Crippen LogP contribution in [-0.4, -0.2) is 56.9 Å². The van der Waals surface area contributed by atoms with E-state index in [0.717, 1.165) is 73.9 Å². The molecule has 3 rings (SSSR count). The Morgan fingerprint density at radius 1 is 1.02 bits per heavy atom. The van der Waals surface area contributed by atoms with Gasteiger partial charge in [-0.05, 0) is 81.9 Å². The molecule has 216 valence electrons. The molecule has 0 aliphatic carbocycles. The second-order valence-electron chi connectivity index (χ2n) is 10.3. The quantitative estimate of drug-likeness (QED) is 0.197. The van der Waals surface area contributed by atoms with E-state index in [0.29, 0.717) is 24.0 Å². The van der Waals surface area contributed by atoms with Crippen molar-refractivity contribution in [3.05, 3.63) is 71.7 Å². The predicted molar refractivity (Wildman–Crippen MR) is 165 cm³/mol. The zero-order valence-electron chi connectivity index (χ0n) is 24.6. The van der Waals surface area contributed by atoms with Crippen LogP contribution in [0.3, 0.4) is 0 Å². The Balaban J connectivity index is 1.49. The summed E-state index contributed by atoms with van der Waals surface area (Å²) < 4.78 is 11.6. The molecule has 8 nitrogen and oxygen atoms in total. The third kappa shape index (κ3) is 10.3. The zero-order valence-corrected chi connectivity index (χ0v) is 24.6. The number of nitrogens with one attached hydrogen (secondary N) is 3. The maximum atomic E-state index is 11.5. The summed E-state index contributed by atoms with van der Waals surface area (Å²) in [5.41, 5.74) is 4.11. The molecule has 3 N–H and O–H groups in total. The van der Waals surface area contributed by atoms with Crippen molar-refractivity contribution in [2.75, 3.05) is 50.5 Å². The van der Waals surface area contributed by atoms with Gasteiger partial charge in [0.05, 0.1) is 13.7 Å². The number of nitrogens with zero attached hydrogens (tertiary/aromatic N) is 2. The lowest BCUT2D eigenvalue weighted by Crippen LogP contribution is -2.39. The molecule has 0 atom stereocenters. The number of aliphatic imine (C=N–C) groups is 1. The first-order valence-electron chi connectivity index (χ1n) is 14.1. The summed E-state index contributed by atoms with van der Waals surface area (Å²) in [5.74, 6) is 2.92. The van der Waals surface area contributed by atoms with Crippen LogP contribution >= 0.6 is 0 Å². The van der Waals surface area contributed by atoms with Crippen LogP contribution in [0.5, 0.6) is 11.5 Å². The number of para-hydroxylation sites is 1. The van der Waals surface area contributed by atoms with Crippen LogP contribution < -0.4 is 25.4 Å². The summed E-state index contributed by atoms with van der Waals surface area (Å²) >= 11 is 0. The van der Waals surface area contributed by atoms with Crippen LogP contribution in [-0.2, 0) is 4.79 Å². The molecule has 1 aliphatic rings. The van der Waals surface area contributed by atoms with Crippen LogP contribution in [0.1, 0.15) is 47.0 Å². The molecule has 1 aliphatic heterocycles. The molecular formula is C32H45N5O3. The first-order chi connectivity index (χ1) is 19.4. The first kappa shape index (κ1) is 30.6. The van der Waals surface area contributed by atoms with E-state index in [4.69, 9.17) is 9.47 Å². The number of anilines is 2. The number of rotatable bonds is 14. The van der Waals surface area contributed by atoms with Crippen LogP contribution in [0, 0.1) is 5.92 Å². The number of allylic oxidation sites excluding steroid dienone is 3. The highest BCUT2D eigenvalue weighted by Gasteiger charge is 2.20. The van der Waals surface area contributed by atoms with Gasteiger partial charge in [0, 0.05) is 62.5 Å². The number of amides is 1. The molecule has 0 radical (unpaired) electrons. The highest BCUT2D eigenvalue weighted by atomic mass is 16.5. The van der Waals surface area contributed by atoms with E-state index >= 15 is 0 Å². The molecule has 2 aromatic rings. The fourth-order valence-electron chi connectivity index (χ4n) is 4.37. The van der Waals surface area contributed by atoms with Crippen LogP contribution in [0.4, 0.5) is 11.4 Å². The number of likely N-dealkylation sites (tertiary alicyclic amines) is 1. The minimum absolute atomic E-state index is 0.174. The molecule has 2 aromatic carbocycles. The van der Waals surface area contributed by atoms with Crippen molar-refractivity contribution in [1.29, 1.82) is 0 Å². The maximum Gasteiger partial charge on any atom is 0.219 e. The number of piperidine rings is 1. The highest BCUT2D eigenvalue weighted by Crippen LogP contribution is 2.31. The minimum Gasteiger partial charge on any atom is -0.493 e. The van der Waals surface area contributed by atoms with Gasteiger partial charge in [0.25, 0.3) is 0 Å². The van der Waals surface area contributed by atoms with Gasteiger partial charge in [0.2, 0.25) is 5.91 Å². The van der Waals surface area contributed by atoms with Crippen molar-refractivity contribution >= 4 is 23.5 Å². The monoisotopic (exact) mass is 547 g/mol. The highest BCUT2D eigenvalue weighted by molar-refractivity contribution is 5.74. The topological polar surface area (TPSA) is 87.2 Å². The summed E-state index contributed by atoms with van der Waals surface area (Å²) in [6.45, 7) is 11.8. The van der Waals surface area contributed by atoms with Crippen molar-refractivity contribution in [1.82, 2.24) is 10.2 Å². The molecular weight excluding hydrogens is 502 g/mol. The van der Waals surface area contributed by atoms with Gasteiger partial charge in [-0.1, -0.05) is 18.2 Å². The van der Waals surface area contributed by atoms with Gasteiger partial charge < -0.3 is 30.3 Å². The largest absolute Gasteiger partial charge is 0.493 e. The Labute approximate surface area is 239 Å². The number of hydrogen-bond acceptors (Lipinski definition) is 7.